The highest BCUT2D eigenvalue weighted by Gasteiger charge is 2.51. The van der Waals surface area contributed by atoms with Crippen molar-refractivity contribution in [3.8, 4) is 5.75 Å². The number of hydrogen-bond donors (Lipinski definition) is 0. The number of nitrogens with zero attached hydrogens (tertiary/aromatic N) is 1. The topological polar surface area (TPSA) is 38.8 Å². The van der Waals surface area contributed by atoms with Crippen LogP contribution in [-0.2, 0) is 16.0 Å². The van der Waals surface area contributed by atoms with Gasteiger partial charge in [0.2, 0.25) is 0 Å². The van der Waals surface area contributed by atoms with Gasteiger partial charge >= 0.3 is 0 Å². The molecule has 0 unspecified atom stereocenters. The standard InChI is InChI=1S/C19H24BrNO3/c1-12(2)17-11-24-19(3)10-14(18(22)21(17)19)6-5-13-9-15(23-4)7-8-16(13)20/h7-10,12,17H,5-6,11H2,1-4H3/t17-,19-/m1/s1. The van der Waals surface area contributed by atoms with E-state index in [1.165, 1.54) is 0 Å². The maximum Gasteiger partial charge on any atom is 0.252 e. The molecule has 0 spiro atoms. The van der Waals surface area contributed by atoms with Gasteiger partial charge in [-0.05, 0) is 55.5 Å². The summed E-state index contributed by atoms with van der Waals surface area (Å²) in [5, 5.41) is 0. The average molecular weight is 394 g/mol. The number of methoxy groups -OCH3 is 1. The van der Waals surface area contributed by atoms with Crippen LogP contribution in [0.25, 0.3) is 0 Å². The van der Waals surface area contributed by atoms with Crippen molar-refractivity contribution in [2.45, 2.75) is 45.4 Å². The molecule has 0 saturated carbocycles. The van der Waals surface area contributed by atoms with Crippen molar-refractivity contribution in [3.63, 3.8) is 0 Å². The van der Waals surface area contributed by atoms with E-state index in [0.717, 1.165) is 27.8 Å². The summed E-state index contributed by atoms with van der Waals surface area (Å²) in [7, 11) is 1.66. The SMILES string of the molecule is COc1ccc(Br)c(CCC2=C[C@@]3(C)OC[C@H](C(C)C)N3C2=O)c1. The third-order valence-electron chi connectivity index (χ3n) is 4.98. The fourth-order valence-electron chi connectivity index (χ4n) is 3.54. The predicted octanol–water partition coefficient (Wildman–Crippen LogP) is 3.93. The van der Waals surface area contributed by atoms with Crippen LogP contribution in [0.4, 0.5) is 0 Å². The summed E-state index contributed by atoms with van der Waals surface area (Å²) in [6, 6.07) is 6.07. The molecule has 1 amide bonds. The summed E-state index contributed by atoms with van der Waals surface area (Å²) in [4.78, 5) is 14.8. The monoisotopic (exact) mass is 393 g/mol. The van der Waals surface area contributed by atoms with Gasteiger partial charge in [0.15, 0.2) is 5.72 Å². The van der Waals surface area contributed by atoms with Crippen LogP contribution in [0.1, 0.15) is 32.8 Å². The van der Waals surface area contributed by atoms with Crippen LogP contribution in [0, 0.1) is 5.92 Å². The van der Waals surface area contributed by atoms with Gasteiger partial charge in [-0.15, -0.1) is 0 Å². The number of benzene rings is 1. The Morgan fingerprint density at radius 2 is 2.17 bits per heavy atom. The summed E-state index contributed by atoms with van der Waals surface area (Å²) in [5.74, 6) is 1.33. The molecule has 0 N–H and O–H groups in total. The molecule has 3 rings (SSSR count). The van der Waals surface area contributed by atoms with E-state index >= 15 is 0 Å². The summed E-state index contributed by atoms with van der Waals surface area (Å²) < 4.78 is 12.3. The average Bonchev–Trinajstić information content (AvgIpc) is 3.00. The van der Waals surface area contributed by atoms with Crippen LogP contribution in [0.2, 0.25) is 0 Å². The number of carbonyl (C=O) groups is 1. The second kappa shape index (κ2) is 6.52. The van der Waals surface area contributed by atoms with Gasteiger partial charge in [0, 0.05) is 10.0 Å². The Balaban J connectivity index is 1.75. The number of fused-ring (bicyclic) bond motifs is 1. The number of rotatable bonds is 5. The second-order valence-corrected chi connectivity index (χ2v) is 7.83. The molecule has 130 valence electrons. The summed E-state index contributed by atoms with van der Waals surface area (Å²) >= 11 is 3.58. The first-order valence-electron chi connectivity index (χ1n) is 8.37. The quantitative estimate of drug-likeness (QED) is 0.760. The van der Waals surface area contributed by atoms with Crippen LogP contribution >= 0.6 is 15.9 Å². The molecule has 2 aliphatic rings. The normalized spacial score (nSPS) is 26.1. The first kappa shape index (κ1) is 17.5. The molecule has 2 heterocycles. The van der Waals surface area contributed by atoms with E-state index in [-0.39, 0.29) is 11.9 Å². The minimum absolute atomic E-state index is 0.118. The Bertz CT molecular complexity index is 685. The number of halogens is 1. The molecule has 0 aromatic heterocycles. The van der Waals surface area contributed by atoms with Gasteiger partial charge in [-0.25, -0.2) is 0 Å². The van der Waals surface area contributed by atoms with Crippen LogP contribution in [0.5, 0.6) is 5.75 Å². The molecule has 4 nitrogen and oxygen atoms in total. The Morgan fingerprint density at radius 3 is 2.83 bits per heavy atom. The van der Waals surface area contributed by atoms with Crippen molar-refractivity contribution in [1.29, 1.82) is 0 Å². The number of ether oxygens (including phenoxy) is 2. The molecule has 5 heteroatoms. The van der Waals surface area contributed by atoms with Crippen molar-refractivity contribution in [3.05, 3.63) is 39.9 Å². The van der Waals surface area contributed by atoms with Crippen LogP contribution in [0.3, 0.4) is 0 Å². The third kappa shape index (κ3) is 3.00. The van der Waals surface area contributed by atoms with Crippen molar-refractivity contribution in [2.75, 3.05) is 13.7 Å². The summed E-state index contributed by atoms with van der Waals surface area (Å²) in [5.41, 5.74) is 1.41. The minimum atomic E-state index is -0.576. The van der Waals surface area contributed by atoms with Crippen LogP contribution < -0.4 is 4.74 Å². The lowest BCUT2D eigenvalue weighted by atomic mass is 10.0. The zero-order valence-corrected chi connectivity index (χ0v) is 16.2. The zero-order chi connectivity index (χ0) is 17.5. The van der Waals surface area contributed by atoms with E-state index in [1.54, 1.807) is 7.11 Å². The molecule has 24 heavy (non-hydrogen) atoms. The van der Waals surface area contributed by atoms with Gasteiger partial charge in [-0.1, -0.05) is 29.8 Å². The van der Waals surface area contributed by atoms with Gasteiger partial charge in [0.1, 0.15) is 5.75 Å². The molecular formula is C19H24BrNO3. The first-order valence-corrected chi connectivity index (χ1v) is 9.17. The molecule has 2 aliphatic heterocycles. The molecule has 0 radical (unpaired) electrons. The molecule has 2 atom stereocenters. The largest absolute Gasteiger partial charge is 0.497 e. The lowest BCUT2D eigenvalue weighted by Gasteiger charge is -2.31. The highest BCUT2D eigenvalue weighted by atomic mass is 79.9. The van der Waals surface area contributed by atoms with E-state index in [1.807, 2.05) is 36.1 Å². The zero-order valence-electron chi connectivity index (χ0n) is 14.6. The van der Waals surface area contributed by atoms with E-state index < -0.39 is 5.72 Å². The van der Waals surface area contributed by atoms with Crippen LogP contribution in [0.15, 0.2) is 34.3 Å². The molecule has 1 aromatic rings. The fraction of sp³-hybridized carbons (Fsp3) is 0.526. The number of carbonyl (C=O) groups excluding carboxylic acids is 1. The fourth-order valence-corrected chi connectivity index (χ4v) is 3.98. The van der Waals surface area contributed by atoms with Gasteiger partial charge in [-0.3, -0.25) is 4.79 Å². The Kier molecular flexibility index (Phi) is 4.76. The van der Waals surface area contributed by atoms with E-state index in [4.69, 9.17) is 9.47 Å². The number of hydrogen-bond acceptors (Lipinski definition) is 3. The predicted molar refractivity (Wildman–Crippen MR) is 96.9 cm³/mol. The first-order chi connectivity index (χ1) is 11.4. The molecule has 1 saturated heterocycles. The van der Waals surface area contributed by atoms with Crippen molar-refractivity contribution in [2.24, 2.45) is 5.92 Å². The molecule has 1 aromatic carbocycles. The van der Waals surface area contributed by atoms with E-state index in [9.17, 15) is 4.79 Å². The number of aryl methyl sites for hydroxylation is 1. The van der Waals surface area contributed by atoms with Crippen molar-refractivity contribution < 1.29 is 14.3 Å². The highest BCUT2D eigenvalue weighted by Crippen LogP contribution is 2.40. The highest BCUT2D eigenvalue weighted by molar-refractivity contribution is 9.10. The maximum atomic E-state index is 12.9. The van der Waals surface area contributed by atoms with Gasteiger partial charge in [0.05, 0.1) is 19.8 Å². The van der Waals surface area contributed by atoms with Gasteiger partial charge in [0.25, 0.3) is 5.91 Å². The van der Waals surface area contributed by atoms with Gasteiger partial charge in [-0.2, -0.15) is 0 Å². The van der Waals surface area contributed by atoms with Gasteiger partial charge < -0.3 is 14.4 Å². The lowest BCUT2D eigenvalue weighted by Crippen LogP contribution is -2.46. The van der Waals surface area contributed by atoms with Crippen molar-refractivity contribution >= 4 is 21.8 Å². The molecular weight excluding hydrogens is 370 g/mol. The summed E-state index contributed by atoms with van der Waals surface area (Å²) in [6.45, 7) is 6.88. The minimum Gasteiger partial charge on any atom is -0.497 e. The maximum absolute atomic E-state index is 12.9. The molecule has 1 fully saturated rings. The lowest BCUT2D eigenvalue weighted by molar-refractivity contribution is -0.135. The summed E-state index contributed by atoms with van der Waals surface area (Å²) in [6.07, 6.45) is 3.49. The third-order valence-corrected chi connectivity index (χ3v) is 5.75. The Hall–Kier alpha value is -1.33. The smallest absolute Gasteiger partial charge is 0.252 e. The Labute approximate surface area is 151 Å². The van der Waals surface area contributed by atoms with E-state index in [0.29, 0.717) is 18.9 Å². The number of amides is 1. The van der Waals surface area contributed by atoms with Crippen molar-refractivity contribution in [1.82, 2.24) is 4.90 Å². The molecule has 0 aliphatic carbocycles. The Morgan fingerprint density at radius 1 is 1.42 bits per heavy atom. The van der Waals surface area contributed by atoms with Crippen LogP contribution in [-0.4, -0.2) is 36.3 Å². The second-order valence-electron chi connectivity index (χ2n) is 6.98. The van der Waals surface area contributed by atoms with E-state index in [2.05, 4.69) is 29.8 Å². The molecule has 0 bridgehead atoms.